The number of amidine groups is 1. The van der Waals surface area contributed by atoms with E-state index >= 15 is 0 Å². The van der Waals surface area contributed by atoms with Crippen molar-refractivity contribution in [2.24, 2.45) is 15.8 Å². The zero-order valence-corrected chi connectivity index (χ0v) is 12.3. The highest BCUT2D eigenvalue weighted by Gasteiger charge is 2.52. The van der Waals surface area contributed by atoms with Gasteiger partial charge in [0.05, 0.1) is 5.54 Å². The summed E-state index contributed by atoms with van der Waals surface area (Å²) in [6, 6.07) is 0. The molecule has 0 aliphatic carbocycles. The summed E-state index contributed by atoms with van der Waals surface area (Å²) in [5.41, 5.74) is 0.827. The van der Waals surface area contributed by atoms with E-state index in [1.165, 1.54) is 5.84 Å². The van der Waals surface area contributed by atoms with E-state index in [0.717, 1.165) is 13.1 Å². The molecule has 0 N–H and O–H groups in total. The molecule has 94 valence electrons. The molecule has 0 aromatic heterocycles. The maximum absolute atomic E-state index is 4.77. The van der Waals surface area contributed by atoms with Crippen molar-refractivity contribution in [1.82, 2.24) is 4.90 Å². The van der Waals surface area contributed by atoms with Crippen molar-refractivity contribution in [2.45, 2.75) is 60.9 Å². The predicted octanol–water partition coefficient (Wildman–Crippen LogP) is 3.57. The summed E-state index contributed by atoms with van der Waals surface area (Å²) in [7, 11) is 0. The van der Waals surface area contributed by atoms with E-state index in [1.54, 1.807) is 0 Å². The molecule has 0 aromatic carbocycles. The largest absolute Gasteiger partial charge is 0.346 e. The van der Waals surface area contributed by atoms with Crippen LogP contribution in [0.25, 0.3) is 0 Å². The number of hydrogen-bond acceptors (Lipinski definition) is 1. The minimum atomic E-state index is 0.193. The molecule has 16 heavy (non-hydrogen) atoms. The van der Waals surface area contributed by atoms with Crippen molar-refractivity contribution in [3.05, 3.63) is 0 Å². The zero-order chi connectivity index (χ0) is 12.8. The summed E-state index contributed by atoms with van der Waals surface area (Å²) >= 11 is 0. The Morgan fingerprint density at radius 1 is 1.00 bits per heavy atom. The second kappa shape index (κ2) is 3.75. The molecule has 0 unspecified atom stereocenters. The fraction of sp³-hybridized carbons (Fsp3) is 0.929. The topological polar surface area (TPSA) is 15.4 Å². The van der Waals surface area contributed by atoms with Crippen LogP contribution >= 0.6 is 0 Å². The summed E-state index contributed by atoms with van der Waals surface area (Å²) < 4.78 is 0. The molecule has 0 radical (unpaired) electrons. The van der Waals surface area contributed by atoms with Crippen LogP contribution in [0.5, 0.6) is 0 Å². The van der Waals surface area contributed by atoms with Gasteiger partial charge in [0.25, 0.3) is 0 Å². The maximum atomic E-state index is 4.77. The molecular formula is C14H28N2. The van der Waals surface area contributed by atoms with Crippen LogP contribution in [-0.4, -0.2) is 29.4 Å². The summed E-state index contributed by atoms with van der Waals surface area (Å²) in [4.78, 5) is 7.20. The summed E-state index contributed by atoms with van der Waals surface area (Å²) in [5.74, 6) is 1.29. The molecule has 0 saturated carbocycles. The lowest BCUT2D eigenvalue weighted by molar-refractivity contribution is 0.298. The zero-order valence-electron chi connectivity index (χ0n) is 12.3. The minimum Gasteiger partial charge on any atom is -0.346 e. The first-order valence-corrected chi connectivity index (χ1v) is 6.26. The van der Waals surface area contributed by atoms with Gasteiger partial charge in [0.1, 0.15) is 5.84 Å². The third-order valence-corrected chi connectivity index (χ3v) is 2.76. The highest BCUT2D eigenvalue weighted by atomic mass is 15.4. The molecule has 2 nitrogen and oxygen atoms in total. The lowest BCUT2D eigenvalue weighted by Crippen LogP contribution is -2.22. The smallest absolute Gasteiger partial charge is 0.125 e. The standard InChI is InChI=1S/C14H28N2/c1-12(2,3)9-15-11-14(7,8)16(11)10-13(4,5)6/h9-10H2,1-8H3. The highest BCUT2D eigenvalue weighted by Crippen LogP contribution is 2.38. The maximum Gasteiger partial charge on any atom is 0.125 e. The Hall–Kier alpha value is -0.530. The van der Waals surface area contributed by atoms with E-state index in [0.29, 0.717) is 10.8 Å². The molecule has 0 amide bonds. The second-order valence-electron chi connectivity index (χ2n) is 7.91. The number of rotatable bonds is 2. The fourth-order valence-electron chi connectivity index (χ4n) is 1.80. The molecule has 0 aromatic rings. The lowest BCUT2D eigenvalue weighted by Gasteiger charge is -2.20. The molecule has 1 saturated heterocycles. The molecule has 1 aliphatic heterocycles. The molecular weight excluding hydrogens is 196 g/mol. The van der Waals surface area contributed by atoms with Crippen LogP contribution in [0.3, 0.4) is 0 Å². The molecule has 2 heteroatoms. The van der Waals surface area contributed by atoms with Crippen LogP contribution in [0.4, 0.5) is 0 Å². The van der Waals surface area contributed by atoms with Crippen LogP contribution in [0, 0.1) is 10.8 Å². The molecule has 1 rings (SSSR count). The third kappa shape index (κ3) is 3.50. The van der Waals surface area contributed by atoms with Crippen LogP contribution in [0.2, 0.25) is 0 Å². The normalized spacial score (nSPS) is 22.8. The van der Waals surface area contributed by atoms with Gasteiger partial charge in [-0.1, -0.05) is 41.5 Å². The van der Waals surface area contributed by atoms with Crippen LogP contribution in [0.1, 0.15) is 55.4 Å². The van der Waals surface area contributed by atoms with Crippen LogP contribution in [-0.2, 0) is 0 Å². The second-order valence-corrected chi connectivity index (χ2v) is 7.91. The number of nitrogens with zero attached hydrogens (tertiary/aromatic N) is 2. The first kappa shape index (κ1) is 13.5. The van der Waals surface area contributed by atoms with Gasteiger partial charge >= 0.3 is 0 Å². The number of aliphatic imine (C=N–C) groups is 1. The molecule has 1 aliphatic rings. The van der Waals surface area contributed by atoms with Crippen molar-refractivity contribution in [3.63, 3.8) is 0 Å². The Morgan fingerprint density at radius 3 is 1.88 bits per heavy atom. The van der Waals surface area contributed by atoms with Crippen molar-refractivity contribution in [3.8, 4) is 0 Å². The molecule has 1 heterocycles. The van der Waals surface area contributed by atoms with E-state index < -0.39 is 0 Å². The van der Waals surface area contributed by atoms with Gasteiger partial charge in [0.15, 0.2) is 0 Å². The molecule has 0 spiro atoms. The van der Waals surface area contributed by atoms with Crippen molar-refractivity contribution in [2.75, 3.05) is 13.1 Å². The Morgan fingerprint density at radius 2 is 1.50 bits per heavy atom. The lowest BCUT2D eigenvalue weighted by atomic mass is 9.97. The Labute approximate surface area is 101 Å². The summed E-state index contributed by atoms with van der Waals surface area (Å²) in [6.45, 7) is 20.1. The average Bonchev–Trinajstić information content (AvgIpc) is 2.44. The van der Waals surface area contributed by atoms with Gasteiger partial charge in [0, 0.05) is 13.1 Å². The quantitative estimate of drug-likeness (QED) is 0.655. The Bertz CT molecular complexity index is 287. The SMILES string of the molecule is CC(C)(C)CN=C1N(CC(C)(C)C)C1(C)C. The van der Waals surface area contributed by atoms with Crippen LogP contribution < -0.4 is 0 Å². The van der Waals surface area contributed by atoms with Crippen molar-refractivity contribution in [1.29, 1.82) is 0 Å². The molecule has 1 fully saturated rings. The van der Waals surface area contributed by atoms with Crippen LogP contribution in [0.15, 0.2) is 4.99 Å². The number of hydrogen-bond donors (Lipinski definition) is 0. The summed E-state index contributed by atoms with van der Waals surface area (Å²) in [6.07, 6.45) is 0. The first-order chi connectivity index (χ1) is 6.93. The van der Waals surface area contributed by atoms with E-state index in [1.807, 2.05) is 0 Å². The van der Waals surface area contributed by atoms with E-state index in [2.05, 4.69) is 60.3 Å². The highest BCUT2D eigenvalue weighted by molar-refractivity contribution is 6.05. The van der Waals surface area contributed by atoms with Crippen molar-refractivity contribution >= 4 is 5.84 Å². The minimum absolute atomic E-state index is 0.193. The average molecular weight is 224 g/mol. The van der Waals surface area contributed by atoms with E-state index in [4.69, 9.17) is 4.99 Å². The molecule has 0 bridgehead atoms. The van der Waals surface area contributed by atoms with Gasteiger partial charge in [0.2, 0.25) is 0 Å². The first-order valence-electron chi connectivity index (χ1n) is 6.26. The Balaban J connectivity index is 2.64. The van der Waals surface area contributed by atoms with Gasteiger partial charge in [-0.2, -0.15) is 0 Å². The van der Waals surface area contributed by atoms with Gasteiger partial charge < -0.3 is 4.90 Å². The van der Waals surface area contributed by atoms with Gasteiger partial charge in [-0.15, -0.1) is 0 Å². The van der Waals surface area contributed by atoms with E-state index in [9.17, 15) is 0 Å². The van der Waals surface area contributed by atoms with Gasteiger partial charge in [-0.3, -0.25) is 4.99 Å². The summed E-state index contributed by atoms with van der Waals surface area (Å²) in [5, 5.41) is 0. The third-order valence-electron chi connectivity index (χ3n) is 2.76. The van der Waals surface area contributed by atoms with Gasteiger partial charge in [-0.25, -0.2) is 0 Å². The molecule has 0 atom stereocenters. The monoisotopic (exact) mass is 224 g/mol. The van der Waals surface area contributed by atoms with Crippen molar-refractivity contribution < 1.29 is 0 Å². The Kier molecular flexibility index (Phi) is 3.17. The van der Waals surface area contributed by atoms with E-state index in [-0.39, 0.29) is 5.54 Å². The van der Waals surface area contributed by atoms with Gasteiger partial charge in [-0.05, 0) is 24.7 Å². The fourth-order valence-corrected chi connectivity index (χ4v) is 1.80. The predicted molar refractivity (Wildman–Crippen MR) is 72.0 cm³/mol.